The Kier molecular flexibility index (Phi) is 4.10. The molecule has 1 aromatic heterocycles. The molecule has 0 aliphatic carbocycles. The van der Waals surface area contributed by atoms with Crippen molar-refractivity contribution >= 4 is 0 Å². The molecular weight excluding hydrogens is 226 g/mol. The molecule has 0 fully saturated rings. The Hall–Kier alpha value is -1.68. The zero-order chi connectivity index (χ0) is 13.0. The summed E-state index contributed by atoms with van der Waals surface area (Å²) in [7, 11) is 1.88. The van der Waals surface area contributed by atoms with Crippen molar-refractivity contribution in [1.82, 2.24) is 15.5 Å². The summed E-state index contributed by atoms with van der Waals surface area (Å²) in [4.78, 5) is 0. The molecule has 2 atom stereocenters. The first-order valence-corrected chi connectivity index (χ1v) is 6.31. The van der Waals surface area contributed by atoms with E-state index in [0.717, 1.165) is 6.42 Å². The first-order chi connectivity index (χ1) is 8.76. The van der Waals surface area contributed by atoms with E-state index in [9.17, 15) is 0 Å². The summed E-state index contributed by atoms with van der Waals surface area (Å²) >= 11 is 0. The lowest BCUT2D eigenvalue weighted by molar-refractivity contribution is 0.391. The SMILES string of the molecule is CCC(c1ccccc1)c1nnc(C(C)NC)o1. The van der Waals surface area contributed by atoms with Gasteiger partial charge in [0, 0.05) is 0 Å². The van der Waals surface area contributed by atoms with Crippen LogP contribution in [0.3, 0.4) is 0 Å². The van der Waals surface area contributed by atoms with Crippen molar-refractivity contribution in [2.45, 2.75) is 32.2 Å². The summed E-state index contributed by atoms with van der Waals surface area (Å²) in [6.45, 7) is 4.13. The predicted octanol–water partition coefficient (Wildman–Crippen LogP) is 2.89. The molecular formula is C14H19N3O. The maximum absolute atomic E-state index is 5.76. The highest BCUT2D eigenvalue weighted by atomic mass is 16.4. The second-order valence-electron chi connectivity index (χ2n) is 4.36. The number of hydrogen-bond donors (Lipinski definition) is 1. The molecule has 1 aromatic carbocycles. The second-order valence-corrected chi connectivity index (χ2v) is 4.36. The second kappa shape index (κ2) is 5.78. The van der Waals surface area contributed by atoms with Crippen LogP contribution < -0.4 is 5.32 Å². The van der Waals surface area contributed by atoms with Gasteiger partial charge in [0.15, 0.2) is 0 Å². The Balaban J connectivity index is 2.26. The van der Waals surface area contributed by atoms with E-state index in [1.165, 1.54) is 5.56 Å². The first kappa shape index (κ1) is 12.8. The van der Waals surface area contributed by atoms with Gasteiger partial charge in [-0.2, -0.15) is 0 Å². The Morgan fingerprint density at radius 1 is 1.17 bits per heavy atom. The summed E-state index contributed by atoms with van der Waals surface area (Å²) in [5.41, 5.74) is 1.22. The van der Waals surface area contributed by atoms with Crippen molar-refractivity contribution in [3.8, 4) is 0 Å². The zero-order valence-corrected chi connectivity index (χ0v) is 11.1. The van der Waals surface area contributed by atoms with Crippen molar-refractivity contribution in [2.75, 3.05) is 7.05 Å². The zero-order valence-electron chi connectivity index (χ0n) is 11.1. The fourth-order valence-corrected chi connectivity index (χ4v) is 1.92. The van der Waals surface area contributed by atoms with Crippen molar-refractivity contribution in [3.63, 3.8) is 0 Å². The number of nitrogens with zero attached hydrogens (tertiary/aromatic N) is 2. The molecule has 1 heterocycles. The van der Waals surface area contributed by atoms with Crippen LogP contribution in [0.25, 0.3) is 0 Å². The molecule has 0 saturated heterocycles. The molecule has 2 rings (SSSR count). The summed E-state index contributed by atoms with van der Waals surface area (Å²) in [6, 6.07) is 10.4. The largest absolute Gasteiger partial charge is 0.423 e. The van der Waals surface area contributed by atoms with E-state index in [1.807, 2.05) is 32.2 Å². The Bertz CT molecular complexity index is 481. The van der Waals surface area contributed by atoms with Gasteiger partial charge in [0.2, 0.25) is 11.8 Å². The maximum atomic E-state index is 5.76. The van der Waals surface area contributed by atoms with Gasteiger partial charge < -0.3 is 9.73 Å². The average molecular weight is 245 g/mol. The van der Waals surface area contributed by atoms with Gasteiger partial charge in [-0.3, -0.25) is 0 Å². The lowest BCUT2D eigenvalue weighted by Crippen LogP contribution is -2.12. The minimum Gasteiger partial charge on any atom is -0.423 e. The maximum Gasteiger partial charge on any atom is 0.233 e. The highest BCUT2D eigenvalue weighted by molar-refractivity contribution is 5.24. The van der Waals surface area contributed by atoms with Crippen LogP contribution in [-0.2, 0) is 0 Å². The van der Waals surface area contributed by atoms with E-state index in [2.05, 4.69) is 34.6 Å². The predicted molar refractivity (Wildman–Crippen MR) is 70.3 cm³/mol. The van der Waals surface area contributed by atoms with Gasteiger partial charge in [0.05, 0.1) is 12.0 Å². The number of rotatable bonds is 5. The van der Waals surface area contributed by atoms with Crippen LogP contribution in [0.4, 0.5) is 0 Å². The molecule has 2 aromatic rings. The fraction of sp³-hybridized carbons (Fsp3) is 0.429. The van der Waals surface area contributed by atoms with Crippen molar-refractivity contribution in [3.05, 3.63) is 47.7 Å². The lowest BCUT2D eigenvalue weighted by Gasteiger charge is -2.10. The van der Waals surface area contributed by atoms with E-state index < -0.39 is 0 Å². The molecule has 0 spiro atoms. The van der Waals surface area contributed by atoms with Crippen molar-refractivity contribution in [1.29, 1.82) is 0 Å². The fourth-order valence-electron chi connectivity index (χ4n) is 1.92. The molecule has 0 bridgehead atoms. The molecule has 0 radical (unpaired) electrons. The van der Waals surface area contributed by atoms with Crippen LogP contribution in [0.1, 0.15) is 49.6 Å². The van der Waals surface area contributed by atoms with Crippen LogP contribution in [0.5, 0.6) is 0 Å². The van der Waals surface area contributed by atoms with Crippen LogP contribution >= 0.6 is 0 Å². The highest BCUT2D eigenvalue weighted by Crippen LogP contribution is 2.27. The molecule has 96 valence electrons. The molecule has 0 aliphatic heterocycles. The molecule has 1 N–H and O–H groups in total. The quantitative estimate of drug-likeness (QED) is 0.880. The molecule has 18 heavy (non-hydrogen) atoms. The molecule has 4 nitrogen and oxygen atoms in total. The summed E-state index contributed by atoms with van der Waals surface area (Å²) in [6.07, 6.45) is 0.944. The van der Waals surface area contributed by atoms with Crippen LogP contribution in [0.2, 0.25) is 0 Å². The van der Waals surface area contributed by atoms with E-state index in [4.69, 9.17) is 4.42 Å². The first-order valence-electron chi connectivity index (χ1n) is 6.31. The minimum absolute atomic E-state index is 0.0829. The lowest BCUT2D eigenvalue weighted by atomic mass is 9.97. The monoisotopic (exact) mass is 245 g/mol. The van der Waals surface area contributed by atoms with Gasteiger partial charge in [-0.1, -0.05) is 37.3 Å². The van der Waals surface area contributed by atoms with Gasteiger partial charge in [-0.05, 0) is 26.0 Å². The van der Waals surface area contributed by atoms with Gasteiger partial charge in [0.1, 0.15) is 0 Å². The third-order valence-corrected chi connectivity index (χ3v) is 3.17. The Morgan fingerprint density at radius 3 is 2.44 bits per heavy atom. The summed E-state index contributed by atoms with van der Waals surface area (Å²) in [5, 5.41) is 11.4. The van der Waals surface area contributed by atoms with Crippen molar-refractivity contribution in [2.24, 2.45) is 0 Å². The Morgan fingerprint density at radius 2 is 1.83 bits per heavy atom. The molecule has 4 heteroatoms. The molecule has 0 amide bonds. The Labute approximate surface area is 107 Å². The van der Waals surface area contributed by atoms with Crippen LogP contribution in [0.15, 0.2) is 34.7 Å². The van der Waals surface area contributed by atoms with E-state index in [0.29, 0.717) is 11.8 Å². The van der Waals surface area contributed by atoms with Gasteiger partial charge in [-0.25, -0.2) is 0 Å². The van der Waals surface area contributed by atoms with E-state index in [-0.39, 0.29) is 12.0 Å². The number of hydrogen-bond acceptors (Lipinski definition) is 4. The molecule has 0 saturated carbocycles. The summed E-state index contributed by atoms with van der Waals surface area (Å²) in [5.74, 6) is 1.51. The van der Waals surface area contributed by atoms with E-state index >= 15 is 0 Å². The third-order valence-electron chi connectivity index (χ3n) is 3.17. The molecule has 2 unspecified atom stereocenters. The molecule has 0 aliphatic rings. The minimum atomic E-state index is 0.0829. The average Bonchev–Trinajstić information content (AvgIpc) is 2.89. The van der Waals surface area contributed by atoms with Crippen molar-refractivity contribution < 1.29 is 4.42 Å². The topological polar surface area (TPSA) is 51.0 Å². The van der Waals surface area contributed by atoms with E-state index in [1.54, 1.807) is 0 Å². The van der Waals surface area contributed by atoms with Gasteiger partial charge in [0.25, 0.3) is 0 Å². The van der Waals surface area contributed by atoms with Gasteiger partial charge in [-0.15, -0.1) is 10.2 Å². The van der Waals surface area contributed by atoms with Crippen LogP contribution in [0, 0.1) is 0 Å². The number of benzene rings is 1. The normalized spacial score (nSPS) is 14.4. The summed E-state index contributed by atoms with van der Waals surface area (Å²) < 4.78 is 5.76. The smallest absolute Gasteiger partial charge is 0.233 e. The third kappa shape index (κ3) is 2.59. The van der Waals surface area contributed by atoms with Gasteiger partial charge >= 0.3 is 0 Å². The van der Waals surface area contributed by atoms with Crippen LogP contribution in [-0.4, -0.2) is 17.2 Å². The number of nitrogens with one attached hydrogen (secondary N) is 1. The standard InChI is InChI=1S/C14H19N3O/c1-4-12(11-8-6-5-7-9-11)14-17-16-13(18-14)10(2)15-3/h5-10,12,15H,4H2,1-3H3. The highest BCUT2D eigenvalue weighted by Gasteiger charge is 2.20. The number of aromatic nitrogens is 2.